The number of alkyl halides is 3. The first-order chi connectivity index (χ1) is 7.33. The lowest BCUT2D eigenvalue weighted by atomic mass is 10.1. The zero-order valence-corrected chi connectivity index (χ0v) is 8.59. The van der Waals surface area contributed by atoms with Crippen molar-refractivity contribution in [3.8, 4) is 11.5 Å². The second-order valence-corrected chi connectivity index (χ2v) is 2.97. The maximum Gasteiger partial charge on any atom is 0.573 e. The zero-order valence-electron chi connectivity index (χ0n) is 8.59. The second-order valence-electron chi connectivity index (χ2n) is 2.97. The fraction of sp³-hybridized carbons (Fsp3) is 0.300. The molecular weight excluding hydrogens is 225 g/mol. The smallest absolute Gasteiger partial charge is 0.496 e. The van der Waals surface area contributed by atoms with Gasteiger partial charge in [0, 0.05) is 0 Å². The highest BCUT2D eigenvalue weighted by molar-refractivity contribution is 5.97. The van der Waals surface area contributed by atoms with Gasteiger partial charge in [-0.05, 0) is 25.1 Å². The average molecular weight is 234 g/mol. The summed E-state index contributed by atoms with van der Waals surface area (Å²) in [5, 5.41) is 0. The predicted octanol–water partition coefficient (Wildman–Crippen LogP) is 2.80. The Balaban J connectivity index is 3.07. The minimum atomic E-state index is -4.78. The summed E-state index contributed by atoms with van der Waals surface area (Å²) in [4.78, 5) is 11.1. The van der Waals surface area contributed by atoms with Gasteiger partial charge < -0.3 is 9.47 Å². The van der Waals surface area contributed by atoms with Crippen LogP contribution >= 0.6 is 0 Å². The Morgan fingerprint density at radius 1 is 1.31 bits per heavy atom. The van der Waals surface area contributed by atoms with E-state index >= 15 is 0 Å². The summed E-state index contributed by atoms with van der Waals surface area (Å²) in [6.45, 7) is 1.23. The molecule has 0 aromatic heterocycles. The van der Waals surface area contributed by atoms with Crippen molar-refractivity contribution in [3.05, 3.63) is 23.8 Å². The summed E-state index contributed by atoms with van der Waals surface area (Å²) in [6.07, 6.45) is -4.78. The van der Waals surface area contributed by atoms with E-state index in [1.165, 1.54) is 20.1 Å². The van der Waals surface area contributed by atoms with Crippen LogP contribution in [0.1, 0.15) is 17.3 Å². The van der Waals surface area contributed by atoms with Crippen LogP contribution in [0.15, 0.2) is 18.2 Å². The van der Waals surface area contributed by atoms with Gasteiger partial charge in [0.1, 0.15) is 11.5 Å². The molecule has 0 saturated carbocycles. The van der Waals surface area contributed by atoms with Crippen LogP contribution in [0.4, 0.5) is 13.2 Å². The number of ether oxygens (including phenoxy) is 2. The van der Waals surface area contributed by atoms with Gasteiger partial charge in [-0.1, -0.05) is 0 Å². The van der Waals surface area contributed by atoms with E-state index in [0.29, 0.717) is 0 Å². The molecule has 0 fully saturated rings. The van der Waals surface area contributed by atoms with E-state index < -0.39 is 17.9 Å². The molecule has 6 heteroatoms. The summed E-state index contributed by atoms with van der Waals surface area (Å²) in [5.74, 6) is -0.634. The number of benzene rings is 1. The molecule has 0 atom stereocenters. The number of hydrogen-bond donors (Lipinski definition) is 0. The van der Waals surface area contributed by atoms with Crippen molar-refractivity contribution in [1.82, 2.24) is 0 Å². The number of Topliss-reactive ketones (excluding diaryl/α,β-unsaturated/α-hetero) is 1. The molecule has 0 amide bonds. The summed E-state index contributed by atoms with van der Waals surface area (Å²) in [7, 11) is 1.33. The molecule has 0 saturated heterocycles. The molecule has 0 spiro atoms. The molecule has 0 radical (unpaired) electrons. The first-order valence-electron chi connectivity index (χ1n) is 4.28. The van der Waals surface area contributed by atoms with Crippen molar-refractivity contribution < 1.29 is 27.4 Å². The van der Waals surface area contributed by atoms with Gasteiger partial charge in [0.25, 0.3) is 0 Å². The Hall–Kier alpha value is -1.72. The minimum absolute atomic E-state index is 0.0456. The number of ketones is 1. The Morgan fingerprint density at radius 3 is 2.38 bits per heavy atom. The van der Waals surface area contributed by atoms with Crippen LogP contribution in [0.5, 0.6) is 11.5 Å². The van der Waals surface area contributed by atoms with E-state index in [9.17, 15) is 18.0 Å². The van der Waals surface area contributed by atoms with Gasteiger partial charge in [-0.3, -0.25) is 4.79 Å². The maximum atomic E-state index is 11.9. The van der Waals surface area contributed by atoms with Crippen molar-refractivity contribution in [2.24, 2.45) is 0 Å². The molecule has 0 unspecified atom stereocenters. The van der Waals surface area contributed by atoms with E-state index in [2.05, 4.69) is 4.74 Å². The molecule has 0 aliphatic rings. The molecule has 88 valence electrons. The standard InChI is InChI=1S/C10H9F3O3/c1-6(14)8-5-7(16-10(11,12)13)3-4-9(8)15-2/h3-5H,1-2H3. The highest BCUT2D eigenvalue weighted by Crippen LogP contribution is 2.28. The van der Waals surface area contributed by atoms with Gasteiger partial charge in [0.05, 0.1) is 12.7 Å². The van der Waals surface area contributed by atoms with Crippen LogP contribution in [-0.2, 0) is 0 Å². The third-order valence-corrected chi connectivity index (χ3v) is 1.78. The average Bonchev–Trinajstić information content (AvgIpc) is 2.15. The summed E-state index contributed by atoms with van der Waals surface area (Å²) in [5.41, 5.74) is 0.0456. The number of methoxy groups -OCH3 is 1. The first kappa shape index (κ1) is 12.4. The Bertz CT molecular complexity index is 399. The molecule has 0 N–H and O–H groups in total. The SMILES string of the molecule is COc1ccc(OC(F)(F)F)cc1C(C)=O. The van der Waals surface area contributed by atoms with E-state index in [-0.39, 0.29) is 11.3 Å². The third kappa shape index (κ3) is 3.15. The molecule has 0 bridgehead atoms. The summed E-state index contributed by atoms with van der Waals surface area (Å²) >= 11 is 0. The lowest BCUT2D eigenvalue weighted by Gasteiger charge is -2.11. The van der Waals surface area contributed by atoms with Gasteiger partial charge in [-0.15, -0.1) is 13.2 Å². The molecule has 0 aliphatic carbocycles. The van der Waals surface area contributed by atoms with Gasteiger partial charge in [-0.2, -0.15) is 0 Å². The number of hydrogen-bond acceptors (Lipinski definition) is 3. The Kier molecular flexibility index (Phi) is 3.41. The minimum Gasteiger partial charge on any atom is -0.496 e. The van der Waals surface area contributed by atoms with E-state index in [1.807, 2.05) is 0 Å². The fourth-order valence-corrected chi connectivity index (χ4v) is 1.16. The van der Waals surface area contributed by atoms with E-state index in [0.717, 1.165) is 12.1 Å². The normalized spacial score (nSPS) is 11.1. The Morgan fingerprint density at radius 2 is 1.94 bits per heavy atom. The molecule has 1 rings (SSSR count). The molecule has 0 aliphatic heterocycles. The van der Waals surface area contributed by atoms with Crippen LogP contribution in [0.2, 0.25) is 0 Å². The summed E-state index contributed by atoms with van der Waals surface area (Å²) in [6, 6.07) is 3.32. The van der Waals surface area contributed by atoms with Crippen molar-refractivity contribution in [2.75, 3.05) is 7.11 Å². The number of carbonyl (C=O) groups excluding carboxylic acids is 1. The zero-order chi connectivity index (χ0) is 12.3. The number of rotatable bonds is 3. The third-order valence-electron chi connectivity index (χ3n) is 1.78. The van der Waals surface area contributed by atoms with Crippen molar-refractivity contribution >= 4 is 5.78 Å². The highest BCUT2D eigenvalue weighted by Gasteiger charge is 2.31. The second kappa shape index (κ2) is 4.42. The monoisotopic (exact) mass is 234 g/mol. The van der Waals surface area contributed by atoms with Crippen LogP contribution in [0.25, 0.3) is 0 Å². The topological polar surface area (TPSA) is 35.5 Å². The van der Waals surface area contributed by atoms with Gasteiger partial charge in [0.2, 0.25) is 0 Å². The van der Waals surface area contributed by atoms with E-state index in [1.54, 1.807) is 0 Å². The molecule has 0 heterocycles. The van der Waals surface area contributed by atoms with Gasteiger partial charge in [0.15, 0.2) is 5.78 Å². The molecule has 1 aromatic carbocycles. The van der Waals surface area contributed by atoms with E-state index in [4.69, 9.17) is 4.74 Å². The van der Waals surface area contributed by atoms with Crippen LogP contribution < -0.4 is 9.47 Å². The lowest BCUT2D eigenvalue weighted by Crippen LogP contribution is -2.17. The van der Waals surface area contributed by atoms with Gasteiger partial charge in [-0.25, -0.2) is 0 Å². The quantitative estimate of drug-likeness (QED) is 0.754. The van der Waals surface area contributed by atoms with Crippen molar-refractivity contribution in [2.45, 2.75) is 13.3 Å². The Labute approximate surface area is 89.8 Å². The largest absolute Gasteiger partial charge is 0.573 e. The lowest BCUT2D eigenvalue weighted by molar-refractivity contribution is -0.274. The fourth-order valence-electron chi connectivity index (χ4n) is 1.16. The van der Waals surface area contributed by atoms with Gasteiger partial charge >= 0.3 is 6.36 Å². The van der Waals surface area contributed by atoms with Crippen molar-refractivity contribution in [1.29, 1.82) is 0 Å². The summed E-state index contributed by atoms with van der Waals surface area (Å²) < 4.78 is 44.3. The molecule has 1 aromatic rings. The van der Waals surface area contributed by atoms with Crippen LogP contribution in [-0.4, -0.2) is 19.3 Å². The predicted molar refractivity (Wildman–Crippen MR) is 49.7 cm³/mol. The molecule has 16 heavy (non-hydrogen) atoms. The van der Waals surface area contributed by atoms with Crippen LogP contribution in [0.3, 0.4) is 0 Å². The maximum absolute atomic E-state index is 11.9. The molecular formula is C10H9F3O3. The number of halogens is 3. The molecule has 3 nitrogen and oxygen atoms in total. The highest BCUT2D eigenvalue weighted by atomic mass is 19.4. The van der Waals surface area contributed by atoms with Crippen LogP contribution in [0, 0.1) is 0 Å². The number of carbonyl (C=O) groups is 1. The first-order valence-corrected chi connectivity index (χ1v) is 4.28. The van der Waals surface area contributed by atoms with Crippen molar-refractivity contribution in [3.63, 3.8) is 0 Å².